The number of carbonyl (C=O) groups is 1. The Kier molecular flexibility index (Phi) is 4.81. The molecule has 2 rings (SSSR count). The third-order valence-electron chi connectivity index (χ3n) is 2.87. The van der Waals surface area contributed by atoms with E-state index in [0.29, 0.717) is 16.6 Å². The molecule has 0 aromatic heterocycles. The van der Waals surface area contributed by atoms with Gasteiger partial charge in [0, 0.05) is 22.9 Å². The zero-order valence-electron chi connectivity index (χ0n) is 11.0. The molecule has 0 bridgehead atoms. The molecule has 0 radical (unpaired) electrons. The van der Waals surface area contributed by atoms with Gasteiger partial charge in [0.15, 0.2) is 0 Å². The molecule has 2 aromatic rings. The molecule has 6 heteroatoms. The lowest BCUT2D eigenvalue weighted by molar-refractivity contribution is -0.149. The summed E-state index contributed by atoms with van der Waals surface area (Å²) in [6.45, 7) is -0.451. The number of aliphatic hydroxyl groups excluding tert-OH is 1. The molecule has 0 aliphatic rings. The van der Waals surface area contributed by atoms with Gasteiger partial charge in [-0.3, -0.25) is 4.79 Å². The standard InChI is InChI=1S/C15H13FNO3P/c1-21(20)13-4-2-3-10(8-13)15(19)17-12-5-6-14(16)11(7-12)9-18/h2-8,18H,1,9H2,(H,17,19). The van der Waals surface area contributed by atoms with Crippen molar-refractivity contribution in [1.29, 1.82) is 0 Å². The molecule has 2 aromatic carbocycles. The van der Waals surface area contributed by atoms with E-state index in [2.05, 4.69) is 11.6 Å². The summed E-state index contributed by atoms with van der Waals surface area (Å²) in [5, 5.41) is 12.1. The van der Waals surface area contributed by atoms with Crippen molar-refractivity contribution in [1.82, 2.24) is 0 Å². The summed E-state index contributed by atoms with van der Waals surface area (Å²) in [7, 11) is -1.77. The number of hydrogen-bond acceptors (Lipinski definition) is 3. The number of aliphatic hydroxyl groups is 1. The lowest BCUT2D eigenvalue weighted by atomic mass is 10.1. The Balaban J connectivity index is 2.22. The van der Waals surface area contributed by atoms with Crippen LogP contribution in [0.2, 0.25) is 0 Å². The van der Waals surface area contributed by atoms with Crippen LogP contribution < -0.4 is 15.5 Å². The maximum absolute atomic E-state index is 13.3. The van der Waals surface area contributed by atoms with E-state index >= 15 is 0 Å². The normalized spacial score (nSPS) is 11.1. The molecule has 1 amide bonds. The molecule has 0 aliphatic heterocycles. The first-order chi connectivity index (χ1) is 10.0. The minimum atomic E-state index is -1.77. The maximum Gasteiger partial charge on any atom is 0.255 e. The number of anilines is 1. The Morgan fingerprint density at radius 2 is 2.10 bits per heavy atom. The largest absolute Gasteiger partial charge is 0.626 e. The average molecular weight is 305 g/mol. The molecule has 108 valence electrons. The number of carbonyl (C=O) groups excluding carboxylic acids is 1. The number of amides is 1. The molecule has 0 saturated heterocycles. The highest BCUT2D eigenvalue weighted by atomic mass is 31.1. The minimum absolute atomic E-state index is 0.0994. The van der Waals surface area contributed by atoms with E-state index in [1.807, 2.05) is 0 Å². The van der Waals surface area contributed by atoms with Crippen molar-refractivity contribution in [2.45, 2.75) is 6.61 Å². The molecule has 1 atom stereocenters. The van der Waals surface area contributed by atoms with Crippen LogP contribution in [0.15, 0.2) is 42.5 Å². The van der Waals surface area contributed by atoms with Gasteiger partial charge in [0.05, 0.1) is 20.7 Å². The summed E-state index contributed by atoms with van der Waals surface area (Å²) >= 11 is 0. The Bertz CT molecular complexity index is 703. The summed E-state index contributed by atoms with van der Waals surface area (Å²) in [5.41, 5.74) is 0.798. The fourth-order valence-electron chi connectivity index (χ4n) is 1.78. The smallest absolute Gasteiger partial charge is 0.255 e. The maximum atomic E-state index is 13.3. The lowest BCUT2D eigenvalue weighted by Crippen LogP contribution is -2.15. The summed E-state index contributed by atoms with van der Waals surface area (Å²) in [4.78, 5) is 23.4. The Hall–Kier alpha value is -2.07. The zero-order chi connectivity index (χ0) is 15.4. The van der Waals surface area contributed by atoms with Gasteiger partial charge in [0.25, 0.3) is 5.91 Å². The predicted molar refractivity (Wildman–Crippen MR) is 80.4 cm³/mol. The summed E-state index contributed by atoms with van der Waals surface area (Å²) in [6.07, 6.45) is 3.43. The molecule has 0 saturated carbocycles. The van der Waals surface area contributed by atoms with Crippen LogP contribution in [0, 0.1) is 5.82 Å². The van der Waals surface area contributed by atoms with Crippen LogP contribution in [-0.2, 0) is 6.61 Å². The highest BCUT2D eigenvalue weighted by Crippen LogP contribution is 2.16. The van der Waals surface area contributed by atoms with E-state index in [4.69, 9.17) is 5.11 Å². The molecule has 0 heterocycles. The van der Waals surface area contributed by atoms with E-state index in [0.717, 1.165) is 0 Å². The first kappa shape index (κ1) is 15.3. The van der Waals surface area contributed by atoms with Gasteiger partial charge in [0.1, 0.15) is 11.1 Å². The summed E-state index contributed by atoms with van der Waals surface area (Å²) < 4.78 is 13.3. The van der Waals surface area contributed by atoms with Crippen LogP contribution in [-0.4, -0.2) is 17.3 Å². The number of hydrogen-bond donors (Lipinski definition) is 2. The quantitative estimate of drug-likeness (QED) is 0.838. The van der Waals surface area contributed by atoms with Crippen LogP contribution in [0.1, 0.15) is 15.9 Å². The highest BCUT2D eigenvalue weighted by molar-refractivity contribution is 7.56. The van der Waals surface area contributed by atoms with Gasteiger partial charge >= 0.3 is 0 Å². The predicted octanol–water partition coefficient (Wildman–Crippen LogP) is 1.38. The number of halogens is 1. The molecule has 4 nitrogen and oxygen atoms in total. The minimum Gasteiger partial charge on any atom is -0.626 e. The van der Waals surface area contributed by atoms with E-state index in [-0.39, 0.29) is 5.56 Å². The molecular formula is C15H13FNO3P. The van der Waals surface area contributed by atoms with Crippen molar-refractivity contribution in [2.24, 2.45) is 0 Å². The molecule has 2 N–H and O–H groups in total. The van der Waals surface area contributed by atoms with Crippen molar-refractivity contribution in [3.63, 3.8) is 0 Å². The van der Waals surface area contributed by atoms with Gasteiger partial charge < -0.3 is 15.3 Å². The second-order valence-electron chi connectivity index (χ2n) is 4.35. The Morgan fingerprint density at radius 3 is 2.76 bits per heavy atom. The van der Waals surface area contributed by atoms with Crippen molar-refractivity contribution in [3.8, 4) is 0 Å². The van der Waals surface area contributed by atoms with Crippen molar-refractivity contribution < 1.29 is 19.2 Å². The second-order valence-corrected chi connectivity index (χ2v) is 5.62. The molecule has 0 spiro atoms. The van der Waals surface area contributed by atoms with Gasteiger partial charge in [-0.05, 0) is 30.3 Å². The molecule has 21 heavy (non-hydrogen) atoms. The van der Waals surface area contributed by atoms with Crippen LogP contribution in [0.4, 0.5) is 10.1 Å². The first-order valence-electron chi connectivity index (χ1n) is 6.09. The molecule has 1 unspecified atom stereocenters. The SMILES string of the molecule is C=[P+]([O-])c1cccc(C(=O)Nc2ccc(F)c(CO)c2)c1. The monoisotopic (exact) mass is 305 g/mol. The van der Waals surface area contributed by atoms with Gasteiger partial charge in [0.2, 0.25) is 0 Å². The van der Waals surface area contributed by atoms with Crippen LogP contribution in [0.5, 0.6) is 0 Å². The highest BCUT2D eigenvalue weighted by Gasteiger charge is 2.10. The number of rotatable bonds is 4. The van der Waals surface area contributed by atoms with Crippen LogP contribution in [0.3, 0.4) is 0 Å². The lowest BCUT2D eigenvalue weighted by Gasteiger charge is -2.08. The molecule has 0 fully saturated rings. The summed E-state index contributed by atoms with van der Waals surface area (Å²) in [6, 6.07) is 10.3. The van der Waals surface area contributed by atoms with Gasteiger partial charge in [-0.25, -0.2) is 4.39 Å². The van der Waals surface area contributed by atoms with E-state index in [1.54, 1.807) is 18.2 Å². The Labute approximate surface area is 122 Å². The average Bonchev–Trinajstić information content (AvgIpc) is 2.49. The van der Waals surface area contributed by atoms with Gasteiger partial charge in [-0.2, -0.15) is 0 Å². The fraction of sp³-hybridized carbons (Fsp3) is 0.0667. The third-order valence-corrected chi connectivity index (χ3v) is 3.72. The fourth-order valence-corrected chi connectivity index (χ4v) is 2.31. The Morgan fingerprint density at radius 1 is 1.33 bits per heavy atom. The first-order valence-corrected chi connectivity index (χ1v) is 7.54. The second kappa shape index (κ2) is 6.59. The van der Waals surface area contributed by atoms with Crippen molar-refractivity contribution in [3.05, 3.63) is 59.4 Å². The zero-order valence-corrected chi connectivity index (χ0v) is 11.9. The molecular weight excluding hydrogens is 292 g/mol. The van der Waals surface area contributed by atoms with Crippen LogP contribution >= 0.6 is 7.77 Å². The van der Waals surface area contributed by atoms with Crippen molar-refractivity contribution in [2.75, 3.05) is 5.32 Å². The van der Waals surface area contributed by atoms with E-state index in [1.165, 1.54) is 24.3 Å². The topological polar surface area (TPSA) is 72.4 Å². The van der Waals surface area contributed by atoms with Crippen molar-refractivity contribution >= 4 is 31.0 Å². The third kappa shape index (κ3) is 3.73. The summed E-state index contributed by atoms with van der Waals surface area (Å²) in [5.74, 6) is -0.948. The molecule has 0 aliphatic carbocycles. The van der Waals surface area contributed by atoms with Crippen LogP contribution in [0.25, 0.3) is 0 Å². The van der Waals surface area contributed by atoms with Gasteiger partial charge in [-0.1, -0.05) is 6.07 Å². The van der Waals surface area contributed by atoms with E-state index < -0.39 is 26.1 Å². The number of benzene rings is 2. The number of nitrogens with one attached hydrogen (secondary N) is 1. The van der Waals surface area contributed by atoms with E-state index in [9.17, 15) is 14.1 Å². The van der Waals surface area contributed by atoms with Gasteiger partial charge in [-0.15, -0.1) is 0 Å².